The van der Waals surface area contributed by atoms with Crippen LogP contribution < -0.4 is 10.1 Å². The molecule has 0 atom stereocenters. The first-order valence-corrected chi connectivity index (χ1v) is 7.13. The Balaban J connectivity index is 2.26. The first kappa shape index (κ1) is 18.0. The zero-order chi connectivity index (χ0) is 18.6. The molecule has 10 heteroatoms. The van der Waals surface area contributed by atoms with E-state index in [1.807, 2.05) is 0 Å². The topological polar surface area (TPSA) is 116 Å². The molecule has 0 aliphatic carbocycles. The van der Waals surface area contributed by atoms with E-state index in [9.17, 15) is 19.3 Å². The summed E-state index contributed by atoms with van der Waals surface area (Å²) in [6.07, 6.45) is 2.20. The van der Waals surface area contributed by atoms with Gasteiger partial charge in [-0.05, 0) is 13.8 Å². The van der Waals surface area contributed by atoms with Crippen LogP contribution in [-0.4, -0.2) is 34.1 Å². The minimum absolute atomic E-state index is 0.0370. The summed E-state index contributed by atoms with van der Waals surface area (Å²) < 4.78 is 23.6. The lowest BCUT2D eigenvalue weighted by Crippen LogP contribution is -2.12. The summed E-state index contributed by atoms with van der Waals surface area (Å²) in [5.74, 6) is -1.52. The highest BCUT2D eigenvalue weighted by Gasteiger charge is 2.19. The van der Waals surface area contributed by atoms with Crippen molar-refractivity contribution in [3.8, 4) is 5.75 Å². The van der Waals surface area contributed by atoms with Crippen molar-refractivity contribution < 1.29 is 23.6 Å². The van der Waals surface area contributed by atoms with Gasteiger partial charge in [-0.3, -0.25) is 10.1 Å². The van der Waals surface area contributed by atoms with E-state index < -0.39 is 22.4 Å². The van der Waals surface area contributed by atoms with Crippen LogP contribution in [0, 0.1) is 15.9 Å². The van der Waals surface area contributed by atoms with Crippen LogP contribution in [0.15, 0.2) is 24.5 Å². The highest BCUT2D eigenvalue weighted by atomic mass is 19.1. The van der Waals surface area contributed by atoms with E-state index in [1.54, 1.807) is 13.8 Å². The number of anilines is 2. The molecule has 0 aliphatic rings. The van der Waals surface area contributed by atoms with Crippen LogP contribution >= 0.6 is 0 Å². The molecular formula is C15H15FN4O5. The molecule has 0 bridgehead atoms. The average molecular weight is 350 g/mol. The predicted molar refractivity (Wildman–Crippen MR) is 85.5 cm³/mol. The van der Waals surface area contributed by atoms with E-state index in [0.29, 0.717) is 0 Å². The van der Waals surface area contributed by atoms with Gasteiger partial charge in [-0.15, -0.1) is 0 Å². The largest absolute Gasteiger partial charge is 0.494 e. The number of aromatic nitrogens is 2. The maximum Gasteiger partial charge on any atom is 0.341 e. The maximum atomic E-state index is 13.6. The zero-order valence-corrected chi connectivity index (χ0v) is 13.6. The second kappa shape index (κ2) is 7.51. The molecule has 1 aromatic carbocycles. The Hall–Kier alpha value is -3.30. The van der Waals surface area contributed by atoms with Gasteiger partial charge in [-0.2, -0.15) is 4.39 Å². The van der Waals surface area contributed by atoms with Crippen LogP contribution in [0.25, 0.3) is 0 Å². The first-order valence-electron chi connectivity index (χ1n) is 7.13. The molecule has 0 saturated heterocycles. The van der Waals surface area contributed by atoms with Gasteiger partial charge in [0.05, 0.1) is 29.4 Å². The third-order valence-electron chi connectivity index (χ3n) is 2.94. The Labute approximate surface area is 142 Å². The molecule has 0 saturated carbocycles. The van der Waals surface area contributed by atoms with Crippen LogP contribution in [0.2, 0.25) is 0 Å². The van der Waals surface area contributed by atoms with Crippen LogP contribution in [0.4, 0.5) is 21.7 Å². The van der Waals surface area contributed by atoms with Gasteiger partial charge in [0.2, 0.25) is 11.8 Å². The fraction of sp³-hybridized carbons (Fsp3) is 0.267. The fourth-order valence-electron chi connectivity index (χ4n) is 1.85. The fourth-order valence-corrected chi connectivity index (χ4v) is 1.85. The number of ether oxygens (including phenoxy) is 2. The molecule has 25 heavy (non-hydrogen) atoms. The molecular weight excluding hydrogens is 335 g/mol. The number of hydrogen-bond donors (Lipinski definition) is 1. The number of nitro benzene ring substituents is 1. The van der Waals surface area contributed by atoms with Crippen molar-refractivity contribution in [1.29, 1.82) is 0 Å². The van der Waals surface area contributed by atoms with Crippen LogP contribution in [0.5, 0.6) is 5.75 Å². The van der Waals surface area contributed by atoms with Crippen LogP contribution in [0.3, 0.4) is 0 Å². The first-order chi connectivity index (χ1) is 11.8. The molecule has 2 aromatic rings. The van der Waals surface area contributed by atoms with Gasteiger partial charge in [0.15, 0.2) is 0 Å². The summed E-state index contributed by atoms with van der Waals surface area (Å²) in [6, 6.07) is 1.85. The lowest BCUT2D eigenvalue weighted by molar-refractivity contribution is -0.387. The molecule has 1 aromatic heterocycles. The minimum Gasteiger partial charge on any atom is -0.494 e. The van der Waals surface area contributed by atoms with Crippen LogP contribution in [-0.2, 0) is 4.74 Å². The van der Waals surface area contributed by atoms with Crippen molar-refractivity contribution in [1.82, 2.24) is 9.97 Å². The number of esters is 1. The minimum atomic E-state index is -1.03. The smallest absolute Gasteiger partial charge is 0.341 e. The number of nitrogens with zero attached hydrogens (tertiary/aromatic N) is 3. The van der Waals surface area contributed by atoms with E-state index >= 15 is 0 Å². The van der Waals surface area contributed by atoms with Gasteiger partial charge >= 0.3 is 11.7 Å². The Bertz CT molecular complexity index is 795. The van der Waals surface area contributed by atoms with Crippen molar-refractivity contribution in [2.45, 2.75) is 20.0 Å². The summed E-state index contributed by atoms with van der Waals surface area (Å²) in [4.78, 5) is 29.6. The number of carbonyl (C=O) groups excluding carboxylic acids is 1. The normalized spacial score (nSPS) is 10.4. The molecule has 9 nitrogen and oxygen atoms in total. The molecule has 1 N–H and O–H groups in total. The highest BCUT2D eigenvalue weighted by molar-refractivity contribution is 5.88. The third kappa shape index (κ3) is 4.37. The number of hydrogen-bond acceptors (Lipinski definition) is 8. The van der Waals surface area contributed by atoms with Gasteiger partial charge in [0.25, 0.3) is 0 Å². The standard InChI is InChI=1S/C15H15FN4O5/c1-8(2)25-14(21)9-6-17-15(18-7-9)19-11-5-12(20(22)23)10(16)4-13(11)24-3/h4-8H,1-3H3,(H,17,18,19). The van der Waals surface area contributed by atoms with E-state index in [1.165, 1.54) is 19.5 Å². The molecule has 2 rings (SSSR count). The summed E-state index contributed by atoms with van der Waals surface area (Å²) in [5.41, 5.74) is -0.468. The van der Waals surface area contributed by atoms with Crippen molar-refractivity contribution in [3.63, 3.8) is 0 Å². The van der Waals surface area contributed by atoms with Crippen molar-refractivity contribution in [2.24, 2.45) is 0 Å². The van der Waals surface area contributed by atoms with Crippen LogP contribution in [0.1, 0.15) is 24.2 Å². The summed E-state index contributed by atoms with van der Waals surface area (Å²) >= 11 is 0. The quantitative estimate of drug-likeness (QED) is 0.480. The predicted octanol–water partition coefficient (Wildman–Crippen LogP) is 2.84. The van der Waals surface area contributed by atoms with Crippen molar-refractivity contribution in [2.75, 3.05) is 12.4 Å². The van der Waals surface area contributed by atoms with Gasteiger partial charge in [0, 0.05) is 24.5 Å². The number of nitro groups is 1. The number of rotatable bonds is 6. The monoisotopic (exact) mass is 350 g/mol. The molecule has 0 spiro atoms. The van der Waals surface area contributed by atoms with Gasteiger partial charge in [-0.1, -0.05) is 0 Å². The Morgan fingerprint density at radius 1 is 1.32 bits per heavy atom. The molecule has 1 heterocycles. The lowest BCUT2D eigenvalue weighted by Gasteiger charge is -2.11. The molecule has 0 unspecified atom stereocenters. The SMILES string of the molecule is COc1cc(F)c([N+](=O)[O-])cc1Nc1ncc(C(=O)OC(C)C)cn1. The second-order valence-corrected chi connectivity index (χ2v) is 5.14. The van der Waals surface area contributed by atoms with Crippen molar-refractivity contribution in [3.05, 3.63) is 46.0 Å². The summed E-state index contributed by atoms with van der Waals surface area (Å²) in [6.45, 7) is 3.42. The van der Waals surface area contributed by atoms with Crippen molar-refractivity contribution >= 4 is 23.3 Å². The Kier molecular flexibility index (Phi) is 5.42. The Morgan fingerprint density at radius 3 is 2.48 bits per heavy atom. The second-order valence-electron chi connectivity index (χ2n) is 5.14. The van der Waals surface area contributed by atoms with Gasteiger partial charge in [0.1, 0.15) is 5.75 Å². The van der Waals surface area contributed by atoms with E-state index in [-0.39, 0.29) is 29.1 Å². The number of benzene rings is 1. The lowest BCUT2D eigenvalue weighted by atomic mass is 10.2. The molecule has 0 amide bonds. The molecule has 132 valence electrons. The van der Waals surface area contributed by atoms with Gasteiger partial charge in [-0.25, -0.2) is 14.8 Å². The van der Waals surface area contributed by atoms with E-state index in [2.05, 4.69) is 15.3 Å². The number of halogens is 1. The van der Waals surface area contributed by atoms with E-state index in [0.717, 1.165) is 12.1 Å². The maximum absolute atomic E-state index is 13.6. The zero-order valence-electron chi connectivity index (χ0n) is 13.6. The Morgan fingerprint density at radius 2 is 1.96 bits per heavy atom. The summed E-state index contributed by atoms with van der Waals surface area (Å²) in [7, 11) is 1.29. The molecule has 0 aliphatic heterocycles. The highest BCUT2D eigenvalue weighted by Crippen LogP contribution is 2.33. The third-order valence-corrected chi connectivity index (χ3v) is 2.94. The molecule has 0 fully saturated rings. The van der Waals surface area contributed by atoms with E-state index in [4.69, 9.17) is 9.47 Å². The average Bonchev–Trinajstić information content (AvgIpc) is 2.55. The summed E-state index contributed by atoms with van der Waals surface area (Å²) in [5, 5.41) is 13.5. The molecule has 0 radical (unpaired) electrons. The van der Waals surface area contributed by atoms with Gasteiger partial charge < -0.3 is 14.8 Å². The number of nitrogens with one attached hydrogen (secondary N) is 1. The number of carbonyl (C=O) groups is 1. The number of methoxy groups -OCH3 is 1.